The molecular weight excluding hydrogens is 269 g/mol. The molecule has 1 aromatic heterocycles. The fourth-order valence-corrected chi connectivity index (χ4v) is 2.36. The number of benzene rings is 1. The Morgan fingerprint density at radius 3 is 2.81 bits per heavy atom. The third-order valence-electron chi connectivity index (χ3n) is 3.66. The van der Waals surface area contributed by atoms with Crippen LogP contribution in [0.4, 0.5) is 4.39 Å². The van der Waals surface area contributed by atoms with Crippen molar-refractivity contribution in [1.29, 1.82) is 0 Å². The average Bonchev–Trinajstić information content (AvgIpc) is 2.99. The highest BCUT2D eigenvalue weighted by Gasteiger charge is 2.21. The monoisotopic (exact) mass is 291 g/mol. The molecule has 0 fully saturated rings. The van der Waals surface area contributed by atoms with Crippen LogP contribution in [0, 0.1) is 5.82 Å². The first-order valence-electron chi connectivity index (χ1n) is 7.20. The number of hydrogen-bond donors (Lipinski definition) is 2. The molecule has 1 aromatic carbocycles. The summed E-state index contributed by atoms with van der Waals surface area (Å²) in [7, 11) is 0. The average molecular weight is 291 g/mol. The highest BCUT2D eigenvalue weighted by molar-refractivity contribution is 5.36. The van der Waals surface area contributed by atoms with Crippen LogP contribution >= 0.6 is 0 Å². The lowest BCUT2D eigenvalue weighted by Gasteiger charge is -2.28. The molecule has 0 radical (unpaired) electrons. The number of aromatic nitrogens is 2. The second-order valence-electron chi connectivity index (χ2n) is 5.58. The Morgan fingerprint density at radius 2 is 2.24 bits per heavy atom. The van der Waals surface area contributed by atoms with Crippen molar-refractivity contribution in [3.05, 3.63) is 48.3 Å². The van der Waals surface area contributed by atoms with Gasteiger partial charge in [0.2, 0.25) is 0 Å². The van der Waals surface area contributed by atoms with Crippen LogP contribution in [0.25, 0.3) is 5.69 Å². The lowest BCUT2D eigenvalue weighted by Crippen LogP contribution is -2.45. The number of nitrogens with zero attached hydrogens (tertiary/aromatic N) is 2. The predicted octanol–water partition coefficient (Wildman–Crippen LogP) is 2.65. The van der Waals surface area contributed by atoms with Gasteiger partial charge in [-0.2, -0.15) is 0 Å². The van der Waals surface area contributed by atoms with Gasteiger partial charge in [0, 0.05) is 24.5 Å². The third kappa shape index (κ3) is 3.89. The zero-order valence-electron chi connectivity index (χ0n) is 12.5. The van der Waals surface area contributed by atoms with Gasteiger partial charge in [-0.25, -0.2) is 9.37 Å². The maximum atomic E-state index is 14.1. The number of imidazole rings is 1. The molecule has 5 heteroatoms. The Bertz CT molecular complexity index is 571. The van der Waals surface area contributed by atoms with Crippen LogP contribution in [0.1, 0.15) is 32.3 Å². The SMILES string of the molecule is CCC[C@](C)(CO)NCc1ccc(-n2ccnc2)c(F)c1. The lowest BCUT2D eigenvalue weighted by atomic mass is 9.97. The molecular formula is C16H22FN3O. The van der Waals surface area contributed by atoms with Gasteiger partial charge in [-0.1, -0.05) is 19.4 Å². The van der Waals surface area contributed by atoms with Crippen LogP contribution in [0.3, 0.4) is 0 Å². The van der Waals surface area contributed by atoms with Gasteiger partial charge in [-0.05, 0) is 31.0 Å². The van der Waals surface area contributed by atoms with Crippen LogP contribution < -0.4 is 5.32 Å². The molecule has 0 aliphatic rings. The van der Waals surface area contributed by atoms with E-state index in [-0.39, 0.29) is 18.0 Å². The van der Waals surface area contributed by atoms with Gasteiger partial charge in [0.1, 0.15) is 5.82 Å². The van der Waals surface area contributed by atoms with E-state index in [4.69, 9.17) is 0 Å². The van der Waals surface area contributed by atoms with E-state index in [0.29, 0.717) is 12.2 Å². The van der Waals surface area contributed by atoms with Gasteiger partial charge in [0.15, 0.2) is 0 Å². The standard InChI is InChI=1S/C16H22FN3O/c1-3-6-16(2,11-21)19-10-13-4-5-15(14(17)9-13)20-8-7-18-12-20/h4-5,7-9,12,19,21H,3,6,10-11H2,1-2H3/t16-/m1/s1. The van der Waals surface area contributed by atoms with E-state index in [0.717, 1.165) is 18.4 Å². The van der Waals surface area contributed by atoms with Crippen LogP contribution in [-0.2, 0) is 6.54 Å². The molecule has 1 atom stereocenters. The highest BCUT2D eigenvalue weighted by atomic mass is 19.1. The van der Waals surface area contributed by atoms with E-state index in [1.807, 2.05) is 13.0 Å². The molecule has 0 aliphatic heterocycles. The Balaban J connectivity index is 2.07. The molecule has 2 aromatic rings. The van der Waals surface area contributed by atoms with E-state index in [9.17, 15) is 9.50 Å². The Kier molecular flexibility index (Phi) is 5.09. The molecule has 0 amide bonds. The highest BCUT2D eigenvalue weighted by Crippen LogP contribution is 2.17. The largest absolute Gasteiger partial charge is 0.394 e. The quantitative estimate of drug-likeness (QED) is 0.824. The molecule has 2 rings (SSSR count). The molecule has 1 heterocycles. The minimum atomic E-state index is -0.325. The molecule has 114 valence electrons. The summed E-state index contributed by atoms with van der Waals surface area (Å²) in [5.74, 6) is -0.284. The van der Waals surface area contributed by atoms with Crippen molar-refractivity contribution in [2.75, 3.05) is 6.61 Å². The second-order valence-corrected chi connectivity index (χ2v) is 5.58. The first-order chi connectivity index (χ1) is 10.1. The molecule has 0 aliphatic carbocycles. The van der Waals surface area contributed by atoms with Crippen molar-refractivity contribution in [1.82, 2.24) is 14.9 Å². The van der Waals surface area contributed by atoms with Crippen molar-refractivity contribution < 1.29 is 9.50 Å². The van der Waals surface area contributed by atoms with Crippen molar-refractivity contribution in [3.8, 4) is 5.69 Å². The van der Waals surface area contributed by atoms with E-state index >= 15 is 0 Å². The zero-order chi connectivity index (χ0) is 15.3. The van der Waals surface area contributed by atoms with Crippen molar-refractivity contribution in [3.63, 3.8) is 0 Å². The Labute approximate surface area is 124 Å². The maximum absolute atomic E-state index is 14.1. The fourth-order valence-electron chi connectivity index (χ4n) is 2.36. The summed E-state index contributed by atoms with van der Waals surface area (Å²) in [5, 5.41) is 12.8. The van der Waals surface area contributed by atoms with Gasteiger partial charge in [0.25, 0.3) is 0 Å². The second kappa shape index (κ2) is 6.83. The van der Waals surface area contributed by atoms with Gasteiger partial charge in [-0.3, -0.25) is 0 Å². The maximum Gasteiger partial charge on any atom is 0.147 e. The van der Waals surface area contributed by atoms with Crippen LogP contribution in [0.2, 0.25) is 0 Å². The predicted molar refractivity (Wildman–Crippen MR) is 80.8 cm³/mol. The number of rotatable bonds is 7. The van der Waals surface area contributed by atoms with Gasteiger partial charge < -0.3 is 15.0 Å². The molecule has 0 saturated carbocycles. The first-order valence-corrected chi connectivity index (χ1v) is 7.20. The topological polar surface area (TPSA) is 50.1 Å². The summed E-state index contributed by atoms with van der Waals surface area (Å²) in [6, 6.07) is 5.14. The van der Waals surface area contributed by atoms with Crippen molar-refractivity contribution in [2.24, 2.45) is 0 Å². The summed E-state index contributed by atoms with van der Waals surface area (Å²) in [5.41, 5.74) is 1.01. The van der Waals surface area contributed by atoms with Crippen molar-refractivity contribution >= 4 is 0 Å². The summed E-state index contributed by atoms with van der Waals surface area (Å²) < 4.78 is 15.8. The minimum Gasteiger partial charge on any atom is -0.394 e. The van der Waals surface area contributed by atoms with Gasteiger partial charge in [0.05, 0.1) is 18.6 Å². The van der Waals surface area contributed by atoms with Crippen LogP contribution in [0.5, 0.6) is 0 Å². The number of aliphatic hydroxyl groups is 1. The summed E-state index contributed by atoms with van der Waals surface area (Å²) in [6.45, 7) is 4.65. The zero-order valence-corrected chi connectivity index (χ0v) is 12.5. The van der Waals surface area contributed by atoms with Crippen LogP contribution in [-0.4, -0.2) is 26.8 Å². The Hall–Kier alpha value is -1.72. The molecule has 0 unspecified atom stereocenters. The van der Waals surface area contributed by atoms with Gasteiger partial charge >= 0.3 is 0 Å². The molecule has 4 nitrogen and oxygen atoms in total. The number of nitrogens with one attached hydrogen (secondary N) is 1. The number of halogens is 1. The van der Waals surface area contributed by atoms with E-state index < -0.39 is 0 Å². The van der Waals surface area contributed by atoms with E-state index in [2.05, 4.69) is 17.2 Å². The summed E-state index contributed by atoms with van der Waals surface area (Å²) in [6.07, 6.45) is 6.75. The molecule has 21 heavy (non-hydrogen) atoms. The summed E-state index contributed by atoms with van der Waals surface area (Å²) >= 11 is 0. The molecule has 0 bridgehead atoms. The number of aliphatic hydroxyl groups excluding tert-OH is 1. The molecule has 2 N–H and O–H groups in total. The van der Waals surface area contributed by atoms with E-state index in [1.165, 1.54) is 6.07 Å². The normalized spacial score (nSPS) is 14.1. The first kappa shape index (κ1) is 15.7. The van der Waals surface area contributed by atoms with Gasteiger partial charge in [-0.15, -0.1) is 0 Å². The third-order valence-corrected chi connectivity index (χ3v) is 3.66. The number of hydrogen-bond acceptors (Lipinski definition) is 3. The Morgan fingerprint density at radius 1 is 1.43 bits per heavy atom. The van der Waals surface area contributed by atoms with E-state index in [1.54, 1.807) is 29.4 Å². The molecule has 0 spiro atoms. The summed E-state index contributed by atoms with van der Waals surface area (Å²) in [4.78, 5) is 3.92. The minimum absolute atomic E-state index is 0.0659. The lowest BCUT2D eigenvalue weighted by molar-refractivity contribution is 0.163. The molecule has 0 saturated heterocycles. The smallest absolute Gasteiger partial charge is 0.147 e. The van der Waals surface area contributed by atoms with Crippen LogP contribution in [0.15, 0.2) is 36.9 Å². The fraction of sp³-hybridized carbons (Fsp3) is 0.438. The van der Waals surface area contributed by atoms with Crippen molar-refractivity contribution in [2.45, 2.75) is 38.8 Å².